The van der Waals surface area contributed by atoms with Crippen molar-refractivity contribution in [2.45, 2.75) is 4.90 Å². The van der Waals surface area contributed by atoms with Crippen molar-refractivity contribution in [3.63, 3.8) is 0 Å². The molecule has 1 heterocycles. The van der Waals surface area contributed by atoms with Crippen LogP contribution in [0.25, 0.3) is 0 Å². The molecule has 0 amide bonds. The highest BCUT2D eigenvalue weighted by molar-refractivity contribution is 8.00. The summed E-state index contributed by atoms with van der Waals surface area (Å²) in [5.41, 5.74) is 1.93. The van der Waals surface area contributed by atoms with Crippen molar-refractivity contribution in [1.29, 1.82) is 0 Å². The van der Waals surface area contributed by atoms with Crippen LogP contribution in [0.2, 0.25) is 0 Å². The minimum atomic E-state index is 0.243. The third-order valence-electron chi connectivity index (χ3n) is 1.93. The number of ketones is 1. The van der Waals surface area contributed by atoms with Crippen molar-refractivity contribution in [2.24, 2.45) is 0 Å². The van der Waals surface area contributed by atoms with Crippen LogP contribution in [0.15, 0.2) is 23.1 Å². The fourth-order valence-electron chi connectivity index (χ4n) is 1.32. The van der Waals surface area contributed by atoms with Gasteiger partial charge in [-0.25, -0.2) is 0 Å². The Balaban J connectivity index is 2.58. The first-order chi connectivity index (χ1) is 5.83. The number of nitrogens with one attached hydrogen (secondary N) is 1. The van der Waals surface area contributed by atoms with Crippen molar-refractivity contribution in [3.8, 4) is 0 Å². The molecule has 0 saturated heterocycles. The van der Waals surface area contributed by atoms with E-state index in [0.29, 0.717) is 5.75 Å². The smallest absolute Gasteiger partial charge is 0.174 e. The fourth-order valence-corrected chi connectivity index (χ4v) is 2.42. The quantitative estimate of drug-likeness (QED) is 0.715. The van der Waals surface area contributed by atoms with Crippen LogP contribution in [0.5, 0.6) is 0 Å². The molecule has 0 unspecified atom stereocenters. The highest BCUT2D eigenvalue weighted by Crippen LogP contribution is 2.36. The summed E-state index contributed by atoms with van der Waals surface area (Å²) >= 11 is 1.62. The third-order valence-corrected chi connectivity index (χ3v) is 3.07. The second-order valence-corrected chi connectivity index (χ2v) is 3.63. The number of rotatable bonds is 1. The van der Waals surface area contributed by atoms with Crippen LogP contribution >= 0.6 is 11.8 Å². The van der Waals surface area contributed by atoms with Crippen molar-refractivity contribution in [2.75, 3.05) is 18.1 Å². The lowest BCUT2D eigenvalue weighted by molar-refractivity contribution is 0.102. The number of Topliss-reactive ketones (excluding diaryl/α,β-unsaturated/α-hetero) is 1. The first-order valence-electron chi connectivity index (χ1n) is 3.79. The Morgan fingerprint density at radius 2 is 2.33 bits per heavy atom. The van der Waals surface area contributed by atoms with E-state index in [9.17, 15) is 4.79 Å². The van der Waals surface area contributed by atoms with Gasteiger partial charge in [-0.15, -0.1) is 11.8 Å². The molecule has 0 radical (unpaired) electrons. The molecule has 1 N–H and O–H groups in total. The molecular formula is C9H9NOS. The Morgan fingerprint density at radius 3 is 3.08 bits per heavy atom. The van der Waals surface area contributed by atoms with Gasteiger partial charge in [-0.05, 0) is 6.07 Å². The lowest BCUT2D eigenvalue weighted by Gasteiger charge is -2.04. The van der Waals surface area contributed by atoms with Crippen LogP contribution < -0.4 is 5.32 Å². The predicted molar refractivity (Wildman–Crippen MR) is 51.0 cm³/mol. The summed E-state index contributed by atoms with van der Waals surface area (Å²) in [5, 5.41) is 3.07. The van der Waals surface area contributed by atoms with Crippen LogP contribution in [-0.4, -0.2) is 18.6 Å². The van der Waals surface area contributed by atoms with Gasteiger partial charge in [0.15, 0.2) is 5.78 Å². The molecule has 12 heavy (non-hydrogen) atoms. The Bertz CT molecular complexity index is 335. The first-order valence-corrected chi connectivity index (χ1v) is 4.78. The van der Waals surface area contributed by atoms with Crippen molar-refractivity contribution >= 4 is 23.2 Å². The minimum Gasteiger partial charge on any atom is -0.387 e. The average Bonchev–Trinajstić information content (AvgIpc) is 2.48. The number of hydrogen-bond acceptors (Lipinski definition) is 3. The van der Waals surface area contributed by atoms with E-state index in [0.717, 1.165) is 16.1 Å². The van der Waals surface area contributed by atoms with E-state index in [4.69, 9.17) is 0 Å². The maximum Gasteiger partial charge on any atom is 0.174 e. The maximum absolute atomic E-state index is 11.3. The molecule has 1 aromatic rings. The molecule has 1 aromatic carbocycles. The molecule has 0 aromatic heterocycles. The Morgan fingerprint density at radius 1 is 1.50 bits per heavy atom. The summed E-state index contributed by atoms with van der Waals surface area (Å²) in [7, 11) is 1.87. The standard InChI is InChI=1S/C9H9NOS/c1-10-7-4-2-3-6-8(11)5-12-9(6)7/h2-4,10H,5H2,1H3. The number of fused-ring (bicyclic) bond motifs is 1. The predicted octanol–water partition coefficient (Wildman–Crippen LogP) is 2.02. The summed E-state index contributed by atoms with van der Waals surface area (Å²) in [6, 6.07) is 5.79. The number of anilines is 1. The van der Waals surface area contributed by atoms with E-state index in [1.165, 1.54) is 0 Å². The van der Waals surface area contributed by atoms with Gasteiger partial charge >= 0.3 is 0 Å². The molecule has 0 atom stereocenters. The zero-order chi connectivity index (χ0) is 8.55. The van der Waals surface area contributed by atoms with E-state index in [1.807, 2.05) is 25.2 Å². The molecule has 3 heteroatoms. The SMILES string of the molecule is CNc1cccc2c1SCC2=O. The van der Waals surface area contributed by atoms with Gasteiger partial charge in [0.1, 0.15) is 0 Å². The molecule has 0 bridgehead atoms. The fraction of sp³-hybridized carbons (Fsp3) is 0.222. The van der Waals surface area contributed by atoms with Crippen molar-refractivity contribution in [1.82, 2.24) is 0 Å². The van der Waals surface area contributed by atoms with Gasteiger partial charge in [0, 0.05) is 23.2 Å². The Labute approximate surface area is 75.4 Å². The lowest BCUT2D eigenvalue weighted by atomic mass is 10.1. The first kappa shape index (κ1) is 7.68. The van der Waals surface area contributed by atoms with Gasteiger partial charge in [0.2, 0.25) is 0 Å². The van der Waals surface area contributed by atoms with E-state index < -0.39 is 0 Å². The van der Waals surface area contributed by atoms with Gasteiger partial charge in [-0.3, -0.25) is 4.79 Å². The van der Waals surface area contributed by atoms with Gasteiger partial charge in [0.25, 0.3) is 0 Å². The van der Waals surface area contributed by atoms with E-state index >= 15 is 0 Å². The summed E-state index contributed by atoms with van der Waals surface area (Å²) < 4.78 is 0. The maximum atomic E-state index is 11.3. The number of carbonyl (C=O) groups is 1. The van der Waals surface area contributed by atoms with Crippen LogP contribution in [0.3, 0.4) is 0 Å². The number of benzene rings is 1. The second kappa shape index (κ2) is 2.83. The molecule has 0 aliphatic carbocycles. The summed E-state index contributed by atoms with van der Waals surface area (Å²) in [4.78, 5) is 12.4. The second-order valence-electron chi connectivity index (χ2n) is 2.64. The molecule has 62 valence electrons. The highest BCUT2D eigenvalue weighted by Gasteiger charge is 2.21. The number of hydrogen-bond donors (Lipinski definition) is 1. The largest absolute Gasteiger partial charge is 0.387 e. The summed E-state index contributed by atoms with van der Waals surface area (Å²) in [5.74, 6) is 0.834. The molecule has 2 nitrogen and oxygen atoms in total. The number of thioether (sulfide) groups is 1. The molecule has 1 aliphatic heterocycles. The zero-order valence-corrected chi connectivity index (χ0v) is 7.57. The molecule has 1 aliphatic rings. The molecule has 0 spiro atoms. The van der Waals surface area contributed by atoms with Crippen LogP contribution in [-0.2, 0) is 0 Å². The van der Waals surface area contributed by atoms with E-state index in [2.05, 4.69) is 5.32 Å². The monoisotopic (exact) mass is 179 g/mol. The van der Waals surface area contributed by atoms with Gasteiger partial charge in [-0.2, -0.15) is 0 Å². The van der Waals surface area contributed by atoms with Gasteiger partial charge < -0.3 is 5.32 Å². The van der Waals surface area contributed by atoms with E-state index in [1.54, 1.807) is 11.8 Å². The van der Waals surface area contributed by atoms with Gasteiger partial charge in [-0.1, -0.05) is 12.1 Å². The average molecular weight is 179 g/mol. The van der Waals surface area contributed by atoms with Crippen molar-refractivity contribution < 1.29 is 4.79 Å². The molecular weight excluding hydrogens is 170 g/mol. The lowest BCUT2D eigenvalue weighted by Crippen LogP contribution is -1.96. The normalized spacial score (nSPS) is 14.6. The summed E-state index contributed by atoms with van der Waals surface area (Å²) in [6.45, 7) is 0. The molecule has 2 rings (SSSR count). The van der Waals surface area contributed by atoms with Crippen LogP contribution in [0.4, 0.5) is 5.69 Å². The third kappa shape index (κ3) is 1.01. The van der Waals surface area contributed by atoms with Gasteiger partial charge in [0.05, 0.1) is 5.75 Å². The van der Waals surface area contributed by atoms with Crippen molar-refractivity contribution in [3.05, 3.63) is 23.8 Å². The summed E-state index contributed by atoms with van der Waals surface area (Å²) in [6.07, 6.45) is 0. The number of carbonyl (C=O) groups excluding carboxylic acids is 1. The zero-order valence-electron chi connectivity index (χ0n) is 6.76. The Kier molecular flexibility index (Phi) is 1.81. The van der Waals surface area contributed by atoms with E-state index in [-0.39, 0.29) is 5.78 Å². The Hall–Kier alpha value is -0.960. The molecule has 0 saturated carbocycles. The van der Waals surface area contributed by atoms with Crippen LogP contribution in [0, 0.1) is 0 Å². The topological polar surface area (TPSA) is 29.1 Å². The highest BCUT2D eigenvalue weighted by atomic mass is 32.2. The molecule has 0 fully saturated rings. The van der Waals surface area contributed by atoms with Crippen LogP contribution in [0.1, 0.15) is 10.4 Å². The minimum absolute atomic E-state index is 0.243.